The highest BCUT2D eigenvalue weighted by atomic mass is 16.1. The van der Waals surface area contributed by atoms with E-state index in [0.29, 0.717) is 19.4 Å². The molecule has 6 nitrogen and oxygen atoms in total. The highest BCUT2D eigenvalue weighted by Crippen LogP contribution is 2.14. The first-order valence-electron chi connectivity index (χ1n) is 9.64. The van der Waals surface area contributed by atoms with Crippen LogP contribution in [0.1, 0.15) is 23.2 Å². The van der Waals surface area contributed by atoms with Crippen LogP contribution in [0.5, 0.6) is 0 Å². The number of rotatable bonds is 7. The van der Waals surface area contributed by atoms with Crippen LogP contribution in [0.4, 0.5) is 5.82 Å². The molecule has 0 atom stereocenters. The first-order chi connectivity index (χ1) is 14.2. The number of nitrogens with one attached hydrogen (secondary N) is 1. The lowest BCUT2D eigenvalue weighted by atomic mass is 10.2. The summed E-state index contributed by atoms with van der Waals surface area (Å²) >= 11 is 0. The predicted molar refractivity (Wildman–Crippen MR) is 113 cm³/mol. The maximum Gasteiger partial charge on any atom is 0.225 e. The Balaban J connectivity index is 1.36. The van der Waals surface area contributed by atoms with Gasteiger partial charge in [-0.2, -0.15) is 10.2 Å². The van der Waals surface area contributed by atoms with E-state index in [9.17, 15) is 4.79 Å². The van der Waals surface area contributed by atoms with E-state index in [4.69, 9.17) is 0 Å². The third-order valence-electron chi connectivity index (χ3n) is 4.64. The van der Waals surface area contributed by atoms with Crippen LogP contribution in [0.25, 0.3) is 5.69 Å². The highest BCUT2D eigenvalue weighted by Gasteiger charge is 2.11. The maximum atomic E-state index is 12.5. The molecule has 0 unspecified atom stereocenters. The zero-order valence-electron chi connectivity index (χ0n) is 16.3. The van der Waals surface area contributed by atoms with Gasteiger partial charge in [-0.05, 0) is 36.6 Å². The van der Waals surface area contributed by atoms with Crippen molar-refractivity contribution in [3.8, 4) is 5.69 Å². The number of benzene rings is 2. The Morgan fingerprint density at radius 3 is 2.48 bits per heavy atom. The SMILES string of the molecule is Cc1cc(NC(=O)CCc2cnn(-c3ccccc3)c2)n(Cc2ccccc2)n1. The first-order valence-corrected chi connectivity index (χ1v) is 9.64. The molecule has 2 heterocycles. The second kappa shape index (κ2) is 8.56. The van der Waals surface area contributed by atoms with E-state index < -0.39 is 0 Å². The predicted octanol–water partition coefficient (Wildman–Crippen LogP) is 4.00. The quantitative estimate of drug-likeness (QED) is 0.523. The molecular weight excluding hydrogens is 362 g/mol. The molecule has 4 aromatic rings. The molecule has 0 aliphatic heterocycles. The van der Waals surface area contributed by atoms with Gasteiger partial charge in [-0.3, -0.25) is 4.79 Å². The number of hydrogen-bond donors (Lipinski definition) is 1. The topological polar surface area (TPSA) is 64.7 Å². The second-order valence-corrected chi connectivity index (χ2v) is 6.99. The summed E-state index contributed by atoms with van der Waals surface area (Å²) in [4.78, 5) is 12.5. The third kappa shape index (κ3) is 4.79. The van der Waals surface area contributed by atoms with Crippen molar-refractivity contribution in [2.24, 2.45) is 0 Å². The maximum absolute atomic E-state index is 12.5. The smallest absolute Gasteiger partial charge is 0.225 e. The molecule has 0 spiro atoms. The lowest BCUT2D eigenvalue weighted by molar-refractivity contribution is -0.116. The molecule has 0 fully saturated rings. The summed E-state index contributed by atoms with van der Waals surface area (Å²) in [5.74, 6) is 0.683. The fraction of sp³-hybridized carbons (Fsp3) is 0.174. The minimum Gasteiger partial charge on any atom is -0.311 e. The number of carbonyl (C=O) groups excluding carboxylic acids is 1. The van der Waals surface area contributed by atoms with Crippen LogP contribution in [0, 0.1) is 6.92 Å². The molecule has 29 heavy (non-hydrogen) atoms. The Morgan fingerprint density at radius 2 is 1.72 bits per heavy atom. The van der Waals surface area contributed by atoms with E-state index in [0.717, 1.165) is 28.3 Å². The molecule has 4 rings (SSSR count). The van der Waals surface area contributed by atoms with E-state index in [1.54, 1.807) is 0 Å². The van der Waals surface area contributed by atoms with Gasteiger partial charge in [0.05, 0.1) is 24.1 Å². The van der Waals surface area contributed by atoms with Gasteiger partial charge < -0.3 is 5.32 Å². The summed E-state index contributed by atoms with van der Waals surface area (Å²) in [6, 6.07) is 21.9. The molecule has 1 N–H and O–H groups in total. The van der Waals surface area contributed by atoms with Gasteiger partial charge in [-0.25, -0.2) is 9.36 Å². The minimum absolute atomic E-state index is 0.0355. The summed E-state index contributed by atoms with van der Waals surface area (Å²) in [6.07, 6.45) is 4.79. The zero-order valence-corrected chi connectivity index (χ0v) is 16.3. The van der Waals surface area contributed by atoms with E-state index in [-0.39, 0.29) is 5.91 Å². The molecule has 0 bridgehead atoms. The van der Waals surface area contributed by atoms with Gasteiger partial charge in [-0.1, -0.05) is 48.5 Å². The summed E-state index contributed by atoms with van der Waals surface area (Å²) in [6.45, 7) is 2.54. The molecule has 2 aromatic carbocycles. The van der Waals surface area contributed by atoms with Gasteiger partial charge in [0.25, 0.3) is 0 Å². The second-order valence-electron chi connectivity index (χ2n) is 6.99. The van der Waals surface area contributed by atoms with E-state index in [1.807, 2.05) is 95.4 Å². The van der Waals surface area contributed by atoms with E-state index >= 15 is 0 Å². The number of hydrogen-bond acceptors (Lipinski definition) is 3. The Hall–Kier alpha value is -3.67. The van der Waals surface area contributed by atoms with Gasteiger partial charge in [-0.15, -0.1) is 0 Å². The van der Waals surface area contributed by atoms with Crippen molar-refractivity contribution < 1.29 is 4.79 Å². The van der Waals surface area contributed by atoms with E-state index in [1.165, 1.54) is 0 Å². The van der Waals surface area contributed by atoms with Crippen LogP contribution in [0.2, 0.25) is 0 Å². The molecule has 146 valence electrons. The number of aromatic nitrogens is 4. The van der Waals surface area contributed by atoms with Gasteiger partial charge in [0.2, 0.25) is 5.91 Å². The molecular formula is C23H23N5O. The Bertz CT molecular complexity index is 1080. The van der Waals surface area contributed by atoms with Gasteiger partial charge in [0.1, 0.15) is 5.82 Å². The molecule has 1 amide bonds. The van der Waals surface area contributed by atoms with Crippen LogP contribution >= 0.6 is 0 Å². The molecule has 0 aliphatic carbocycles. The lowest BCUT2D eigenvalue weighted by Crippen LogP contribution is -2.16. The minimum atomic E-state index is -0.0355. The Labute approximate surface area is 169 Å². The largest absolute Gasteiger partial charge is 0.311 e. The monoisotopic (exact) mass is 385 g/mol. The van der Waals surface area contributed by atoms with Gasteiger partial charge in [0.15, 0.2) is 0 Å². The number of nitrogens with zero attached hydrogens (tertiary/aromatic N) is 4. The van der Waals surface area contributed by atoms with Crippen LogP contribution in [0.3, 0.4) is 0 Å². The molecule has 0 radical (unpaired) electrons. The van der Waals surface area contributed by atoms with E-state index in [2.05, 4.69) is 15.5 Å². The van der Waals surface area contributed by atoms with Crippen molar-refractivity contribution >= 4 is 11.7 Å². The number of amides is 1. The molecule has 6 heteroatoms. The number of para-hydroxylation sites is 1. The fourth-order valence-electron chi connectivity index (χ4n) is 3.20. The molecule has 0 aliphatic rings. The fourth-order valence-corrected chi connectivity index (χ4v) is 3.20. The van der Waals surface area contributed by atoms with Crippen LogP contribution in [-0.4, -0.2) is 25.5 Å². The van der Waals surface area contributed by atoms with Crippen molar-refractivity contribution in [3.05, 3.63) is 95.9 Å². The van der Waals surface area contributed by atoms with Crippen molar-refractivity contribution in [2.75, 3.05) is 5.32 Å². The van der Waals surface area contributed by atoms with Crippen molar-refractivity contribution in [3.63, 3.8) is 0 Å². The first kappa shape index (κ1) is 18.7. The average molecular weight is 385 g/mol. The standard InChI is InChI=1S/C23H23N5O/c1-18-14-22(28(26-18)16-19-8-4-2-5-9-19)25-23(29)13-12-20-15-24-27(17-20)21-10-6-3-7-11-21/h2-11,14-15,17H,12-13,16H2,1H3,(H,25,29). The van der Waals surface area contributed by atoms with Crippen LogP contribution in [-0.2, 0) is 17.8 Å². The Morgan fingerprint density at radius 1 is 1.00 bits per heavy atom. The zero-order chi connectivity index (χ0) is 20.1. The third-order valence-corrected chi connectivity index (χ3v) is 4.64. The van der Waals surface area contributed by atoms with Crippen molar-refractivity contribution in [1.29, 1.82) is 0 Å². The number of carbonyl (C=O) groups is 1. The van der Waals surface area contributed by atoms with Gasteiger partial charge in [0, 0.05) is 18.7 Å². The van der Waals surface area contributed by atoms with Crippen molar-refractivity contribution in [2.45, 2.75) is 26.3 Å². The van der Waals surface area contributed by atoms with Crippen LogP contribution < -0.4 is 5.32 Å². The Kier molecular flexibility index (Phi) is 5.52. The number of anilines is 1. The van der Waals surface area contributed by atoms with Crippen LogP contribution in [0.15, 0.2) is 79.1 Å². The van der Waals surface area contributed by atoms with Gasteiger partial charge >= 0.3 is 0 Å². The summed E-state index contributed by atoms with van der Waals surface area (Å²) in [5, 5.41) is 11.9. The molecule has 0 saturated carbocycles. The molecule has 0 saturated heterocycles. The lowest BCUT2D eigenvalue weighted by Gasteiger charge is -2.09. The summed E-state index contributed by atoms with van der Waals surface area (Å²) < 4.78 is 3.65. The van der Waals surface area contributed by atoms with Crippen molar-refractivity contribution in [1.82, 2.24) is 19.6 Å². The highest BCUT2D eigenvalue weighted by molar-refractivity contribution is 5.90. The summed E-state index contributed by atoms with van der Waals surface area (Å²) in [5.41, 5.74) is 4.04. The molecule has 2 aromatic heterocycles. The summed E-state index contributed by atoms with van der Waals surface area (Å²) in [7, 11) is 0. The normalized spacial score (nSPS) is 10.8. The average Bonchev–Trinajstić information content (AvgIpc) is 3.34. The number of aryl methyl sites for hydroxylation is 2.